The molecule has 3 aromatic carbocycles. The number of rotatable bonds is 6. The molecule has 0 radical (unpaired) electrons. The normalized spacial score (nSPS) is 10.2. The zero-order chi connectivity index (χ0) is 17.6. The highest BCUT2D eigenvalue weighted by Crippen LogP contribution is 2.42. The summed E-state index contributed by atoms with van der Waals surface area (Å²) in [5.74, 6) is 2.16. The van der Waals surface area contributed by atoms with Crippen LogP contribution in [0, 0.1) is 20.8 Å². The molecular formula is C21H24O3P2. The lowest BCUT2D eigenvalue weighted by atomic mass is 10.2. The minimum absolute atomic E-state index is 0. The van der Waals surface area contributed by atoms with Gasteiger partial charge in [-0.15, -0.1) is 0 Å². The molecule has 0 spiro atoms. The van der Waals surface area contributed by atoms with Gasteiger partial charge in [-0.3, -0.25) is 0 Å². The van der Waals surface area contributed by atoms with Gasteiger partial charge in [-0.25, -0.2) is 0 Å². The van der Waals surface area contributed by atoms with E-state index in [-0.39, 0.29) is 9.90 Å². The molecule has 0 N–H and O–H groups in total. The van der Waals surface area contributed by atoms with Crippen LogP contribution in [0.3, 0.4) is 0 Å². The van der Waals surface area contributed by atoms with Crippen LogP contribution in [0.2, 0.25) is 0 Å². The molecule has 0 aliphatic heterocycles. The fourth-order valence-corrected chi connectivity index (χ4v) is 3.10. The molecule has 3 nitrogen and oxygen atoms in total. The van der Waals surface area contributed by atoms with Gasteiger partial charge in [-0.2, -0.15) is 9.90 Å². The number of hydrogen-bond acceptors (Lipinski definition) is 3. The molecule has 1 atom stereocenters. The van der Waals surface area contributed by atoms with Crippen molar-refractivity contribution in [2.75, 3.05) is 0 Å². The molecule has 0 aromatic heterocycles. The van der Waals surface area contributed by atoms with Crippen molar-refractivity contribution in [3.05, 3.63) is 89.5 Å². The first-order chi connectivity index (χ1) is 12.1. The summed E-state index contributed by atoms with van der Waals surface area (Å²) in [6, 6.07) is 23.5. The highest BCUT2D eigenvalue weighted by Gasteiger charge is 2.19. The predicted molar refractivity (Wildman–Crippen MR) is 113 cm³/mol. The van der Waals surface area contributed by atoms with Gasteiger partial charge in [0.2, 0.25) is 0 Å². The predicted octanol–water partition coefficient (Wildman–Crippen LogP) is 6.43. The first kappa shape index (κ1) is 20.2. The molecule has 26 heavy (non-hydrogen) atoms. The maximum atomic E-state index is 5.96. The van der Waals surface area contributed by atoms with E-state index in [0.29, 0.717) is 0 Å². The monoisotopic (exact) mass is 386 g/mol. The Morgan fingerprint density at radius 2 is 0.692 bits per heavy atom. The van der Waals surface area contributed by atoms with E-state index in [4.69, 9.17) is 13.6 Å². The van der Waals surface area contributed by atoms with E-state index in [1.807, 2.05) is 93.6 Å². The molecule has 0 fully saturated rings. The van der Waals surface area contributed by atoms with Gasteiger partial charge in [0.15, 0.2) is 0 Å². The van der Waals surface area contributed by atoms with Crippen molar-refractivity contribution in [3.8, 4) is 17.2 Å². The second kappa shape index (κ2) is 9.57. The molecule has 0 aliphatic rings. The van der Waals surface area contributed by atoms with Crippen LogP contribution < -0.4 is 13.6 Å². The van der Waals surface area contributed by atoms with Gasteiger partial charge in [0, 0.05) is 0 Å². The molecule has 0 aliphatic carbocycles. The molecule has 0 heterocycles. The molecule has 0 amide bonds. The molecule has 0 saturated heterocycles. The third-order valence-electron chi connectivity index (χ3n) is 3.60. The second-order valence-electron chi connectivity index (χ2n) is 5.94. The molecule has 3 rings (SSSR count). The molecule has 0 saturated carbocycles. The Bertz CT molecular complexity index is 687. The third-order valence-corrected chi connectivity index (χ3v) is 4.68. The van der Waals surface area contributed by atoms with Crippen LogP contribution in [-0.2, 0) is 0 Å². The van der Waals surface area contributed by atoms with Crippen molar-refractivity contribution in [3.63, 3.8) is 0 Å². The van der Waals surface area contributed by atoms with Gasteiger partial charge in [-0.1, -0.05) is 53.1 Å². The molecule has 5 heteroatoms. The average molecular weight is 386 g/mol. The summed E-state index contributed by atoms with van der Waals surface area (Å²) in [7, 11) is -1.62. The minimum atomic E-state index is -1.62. The van der Waals surface area contributed by atoms with Gasteiger partial charge in [-0.05, 0) is 57.2 Å². The first-order valence-corrected chi connectivity index (χ1v) is 9.22. The van der Waals surface area contributed by atoms with Crippen LogP contribution in [0.5, 0.6) is 17.2 Å². The van der Waals surface area contributed by atoms with Gasteiger partial charge < -0.3 is 13.6 Å². The first-order valence-electron chi connectivity index (χ1n) is 8.12. The summed E-state index contributed by atoms with van der Waals surface area (Å²) in [5.41, 5.74) is 3.53. The van der Waals surface area contributed by atoms with E-state index in [1.165, 1.54) is 16.7 Å². The topological polar surface area (TPSA) is 27.7 Å². The molecule has 1 unspecified atom stereocenters. The van der Waals surface area contributed by atoms with Crippen LogP contribution in [0.15, 0.2) is 72.8 Å². The van der Waals surface area contributed by atoms with E-state index in [2.05, 4.69) is 0 Å². The molecular weight excluding hydrogens is 362 g/mol. The Hall–Kier alpha value is -2.08. The fourth-order valence-electron chi connectivity index (χ4n) is 2.11. The Morgan fingerprint density at radius 1 is 0.462 bits per heavy atom. The minimum Gasteiger partial charge on any atom is -0.409 e. The Morgan fingerprint density at radius 3 is 0.923 bits per heavy atom. The van der Waals surface area contributed by atoms with Crippen molar-refractivity contribution < 1.29 is 13.6 Å². The maximum absolute atomic E-state index is 5.96. The maximum Gasteiger partial charge on any atom is 0.530 e. The van der Waals surface area contributed by atoms with Gasteiger partial charge in [0.25, 0.3) is 0 Å². The van der Waals surface area contributed by atoms with Crippen LogP contribution in [0.4, 0.5) is 0 Å². The quantitative estimate of drug-likeness (QED) is 0.457. The van der Waals surface area contributed by atoms with Crippen LogP contribution in [0.25, 0.3) is 0 Å². The van der Waals surface area contributed by atoms with E-state index < -0.39 is 8.60 Å². The SMILES string of the molecule is Cc1ccc(OP(Oc2ccc(C)cc2)Oc2ccc(C)cc2)cc1.P. The summed E-state index contributed by atoms with van der Waals surface area (Å²) in [6.07, 6.45) is 0. The lowest BCUT2D eigenvalue weighted by molar-refractivity contribution is 0.388. The number of benzene rings is 3. The van der Waals surface area contributed by atoms with Gasteiger partial charge in [0.1, 0.15) is 17.2 Å². The van der Waals surface area contributed by atoms with Crippen LogP contribution >= 0.6 is 18.5 Å². The second-order valence-corrected chi connectivity index (χ2v) is 6.93. The van der Waals surface area contributed by atoms with E-state index >= 15 is 0 Å². The van der Waals surface area contributed by atoms with Crippen LogP contribution in [0.1, 0.15) is 16.7 Å². The summed E-state index contributed by atoms with van der Waals surface area (Å²) in [6.45, 7) is 6.12. The van der Waals surface area contributed by atoms with Crippen LogP contribution in [-0.4, -0.2) is 0 Å². The van der Waals surface area contributed by atoms with E-state index in [1.54, 1.807) is 0 Å². The van der Waals surface area contributed by atoms with Crippen molar-refractivity contribution in [2.45, 2.75) is 20.8 Å². The van der Waals surface area contributed by atoms with Gasteiger partial charge in [0.05, 0.1) is 0 Å². The van der Waals surface area contributed by atoms with E-state index in [9.17, 15) is 0 Å². The summed E-state index contributed by atoms with van der Waals surface area (Å²) in [4.78, 5) is 0. The number of aryl methyl sites for hydroxylation is 3. The Labute approximate surface area is 159 Å². The van der Waals surface area contributed by atoms with Crippen molar-refractivity contribution in [1.82, 2.24) is 0 Å². The highest BCUT2D eigenvalue weighted by atomic mass is 31.2. The van der Waals surface area contributed by atoms with Crippen molar-refractivity contribution in [2.24, 2.45) is 0 Å². The largest absolute Gasteiger partial charge is 0.530 e. The van der Waals surface area contributed by atoms with E-state index in [0.717, 1.165) is 17.2 Å². The summed E-state index contributed by atoms with van der Waals surface area (Å²) in [5, 5.41) is 0. The highest BCUT2D eigenvalue weighted by molar-refractivity contribution is 7.43. The van der Waals surface area contributed by atoms with Gasteiger partial charge >= 0.3 is 8.60 Å². The lowest BCUT2D eigenvalue weighted by Crippen LogP contribution is -2.02. The Balaban J connectivity index is 0.00000243. The summed E-state index contributed by atoms with van der Waals surface area (Å²) < 4.78 is 17.9. The molecule has 0 bridgehead atoms. The zero-order valence-corrected chi connectivity index (χ0v) is 17.6. The third kappa shape index (κ3) is 6.02. The fraction of sp³-hybridized carbons (Fsp3) is 0.143. The Kier molecular flexibility index (Phi) is 7.45. The smallest absolute Gasteiger partial charge is 0.409 e. The molecule has 3 aromatic rings. The lowest BCUT2D eigenvalue weighted by Gasteiger charge is -2.18. The van der Waals surface area contributed by atoms with Crippen molar-refractivity contribution >= 4 is 18.5 Å². The number of hydrogen-bond donors (Lipinski definition) is 0. The van der Waals surface area contributed by atoms with Crippen molar-refractivity contribution in [1.29, 1.82) is 0 Å². The molecule has 136 valence electrons. The standard InChI is InChI=1S/C21H21O3P.H3P/c1-16-4-10-19(11-5-16)22-25(23-20-12-6-17(2)7-13-20)24-21-14-8-18(3)9-15-21;/h4-15H,1-3H3;1H3. The summed E-state index contributed by atoms with van der Waals surface area (Å²) >= 11 is 0. The zero-order valence-electron chi connectivity index (χ0n) is 15.3. The average Bonchev–Trinajstić information content (AvgIpc) is 2.61.